The number of rotatable bonds is 4. The second-order valence-electron chi connectivity index (χ2n) is 5.14. The van der Waals surface area contributed by atoms with Gasteiger partial charge in [0.1, 0.15) is 0 Å². The number of hydrogen-bond donors (Lipinski definition) is 1. The Bertz CT molecular complexity index is 610. The maximum atomic E-state index is 6.13. The standard InChI is InChI=1S/C17H19BrClN/c1-11-4-5-12(2)13(8-11)9-17(20-3)15-10-14(19)6-7-16(15)18/h4-8,10,17,20H,9H2,1-3H3. The van der Waals surface area contributed by atoms with Crippen LogP contribution in [0.4, 0.5) is 0 Å². The Labute approximate surface area is 134 Å². The molecule has 0 fully saturated rings. The molecule has 0 saturated carbocycles. The van der Waals surface area contributed by atoms with Gasteiger partial charge in [-0.25, -0.2) is 0 Å². The van der Waals surface area contributed by atoms with E-state index in [4.69, 9.17) is 11.6 Å². The number of hydrogen-bond acceptors (Lipinski definition) is 1. The Morgan fingerprint density at radius 1 is 1.15 bits per heavy atom. The van der Waals surface area contributed by atoms with Crippen LogP contribution in [0.5, 0.6) is 0 Å². The first-order valence-corrected chi connectivity index (χ1v) is 7.86. The van der Waals surface area contributed by atoms with E-state index in [1.165, 1.54) is 22.3 Å². The molecule has 1 N–H and O–H groups in total. The number of likely N-dealkylation sites (N-methyl/N-ethyl adjacent to an activating group) is 1. The Kier molecular flexibility index (Phi) is 5.25. The lowest BCUT2D eigenvalue weighted by molar-refractivity contribution is 0.588. The average Bonchev–Trinajstić information content (AvgIpc) is 2.42. The van der Waals surface area contributed by atoms with Gasteiger partial charge in [-0.1, -0.05) is 51.3 Å². The van der Waals surface area contributed by atoms with E-state index in [0.717, 1.165) is 15.9 Å². The molecule has 3 heteroatoms. The van der Waals surface area contributed by atoms with Crippen molar-refractivity contribution in [2.24, 2.45) is 0 Å². The van der Waals surface area contributed by atoms with E-state index in [1.54, 1.807) is 0 Å². The summed E-state index contributed by atoms with van der Waals surface area (Å²) in [5, 5.41) is 4.16. The van der Waals surface area contributed by atoms with Gasteiger partial charge in [0.15, 0.2) is 0 Å². The molecule has 2 aromatic carbocycles. The predicted octanol–water partition coefficient (Wildman–Crippen LogP) is 5.22. The molecule has 0 aromatic heterocycles. The van der Waals surface area contributed by atoms with Crippen LogP contribution in [0.15, 0.2) is 40.9 Å². The molecule has 0 aliphatic rings. The van der Waals surface area contributed by atoms with Gasteiger partial charge in [0.2, 0.25) is 0 Å². The van der Waals surface area contributed by atoms with Crippen LogP contribution in [0, 0.1) is 13.8 Å². The fourth-order valence-corrected chi connectivity index (χ4v) is 3.09. The van der Waals surface area contributed by atoms with E-state index < -0.39 is 0 Å². The summed E-state index contributed by atoms with van der Waals surface area (Å²) in [5.41, 5.74) is 5.19. The topological polar surface area (TPSA) is 12.0 Å². The van der Waals surface area contributed by atoms with Crippen molar-refractivity contribution in [1.29, 1.82) is 0 Å². The maximum Gasteiger partial charge on any atom is 0.0410 e. The Hall–Kier alpha value is -0.830. The molecule has 0 spiro atoms. The van der Waals surface area contributed by atoms with Gasteiger partial charge in [0.05, 0.1) is 0 Å². The van der Waals surface area contributed by atoms with E-state index in [2.05, 4.69) is 53.3 Å². The van der Waals surface area contributed by atoms with E-state index in [1.807, 2.05) is 25.2 Å². The van der Waals surface area contributed by atoms with Crippen LogP contribution >= 0.6 is 27.5 Å². The van der Waals surface area contributed by atoms with Crippen LogP contribution in [-0.4, -0.2) is 7.05 Å². The molecular weight excluding hydrogens is 334 g/mol. The van der Waals surface area contributed by atoms with Crippen LogP contribution in [0.25, 0.3) is 0 Å². The van der Waals surface area contributed by atoms with Crippen LogP contribution in [-0.2, 0) is 6.42 Å². The molecule has 2 rings (SSSR count). The summed E-state index contributed by atoms with van der Waals surface area (Å²) < 4.78 is 1.09. The largest absolute Gasteiger partial charge is 0.313 e. The molecule has 0 bridgehead atoms. The van der Waals surface area contributed by atoms with Crippen molar-refractivity contribution in [3.05, 3.63) is 68.1 Å². The lowest BCUT2D eigenvalue weighted by Crippen LogP contribution is -2.19. The summed E-state index contributed by atoms with van der Waals surface area (Å²) in [6.07, 6.45) is 0.947. The molecule has 0 radical (unpaired) electrons. The van der Waals surface area contributed by atoms with Crippen molar-refractivity contribution in [2.45, 2.75) is 26.3 Å². The highest BCUT2D eigenvalue weighted by atomic mass is 79.9. The number of halogens is 2. The summed E-state index contributed by atoms with van der Waals surface area (Å²) in [6.45, 7) is 4.29. The molecule has 1 nitrogen and oxygen atoms in total. The summed E-state index contributed by atoms with van der Waals surface area (Å²) in [5.74, 6) is 0. The second-order valence-corrected chi connectivity index (χ2v) is 6.43. The van der Waals surface area contributed by atoms with Gasteiger partial charge < -0.3 is 5.32 Å². The van der Waals surface area contributed by atoms with Gasteiger partial charge >= 0.3 is 0 Å². The lowest BCUT2D eigenvalue weighted by atomic mass is 9.95. The third-order valence-electron chi connectivity index (χ3n) is 3.61. The highest BCUT2D eigenvalue weighted by Crippen LogP contribution is 2.29. The maximum absolute atomic E-state index is 6.13. The Morgan fingerprint density at radius 2 is 1.90 bits per heavy atom. The third-order valence-corrected chi connectivity index (χ3v) is 4.57. The zero-order valence-corrected chi connectivity index (χ0v) is 14.3. The number of nitrogens with one attached hydrogen (secondary N) is 1. The summed E-state index contributed by atoms with van der Waals surface area (Å²) in [6, 6.07) is 12.8. The fourth-order valence-electron chi connectivity index (χ4n) is 2.39. The molecule has 20 heavy (non-hydrogen) atoms. The van der Waals surface area contributed by atoms with Crippen molar-refractivity contribution in [1.82, 2.24) is 5.32 Å². The molecule has 1 atom stereocenters. The highest BCUT2D eigenvalue weighted by molar-refractivity contribution is 9.10. The van der Waals surface area contributed by atoms with Gasteiger partial charge in [-0.15, -0.1) is 0 Å². The lowest BCUT2D eigenvalue weighted by Gasteiger charge is -2.20. The molecule has 0 aliphatic heterocycles. The Morgan fingerprint density at radius 3 is 2.60 bits per heavy atom. The highest BCUT2D eigenvalue weighted by Gasteiger charge is 2.15. The van der Waals surface area contributed by atoms with Gasteiger partial charge in [-0.2, -0.15) is 0 Å². The quantitative estimate of drug-likeness (QED) is 0.795. The van der Waals surface area contributed by atoms with Crippen molar-refractivity contribution in [3.8, 4) is 0 Å². The second kappa shape index (κ2) is 6.75. The molecule has 106 valence electrons. The normalized spacial score (nSPS) is 12.4. The molecule has 0 saturated heterocycles. The SMILES string of the molecule is CNC(Cc1cc(C)ccc1C)c1cc(Cl)ccc1Br. The van der Waals surface area contributed by atoms with Crippen molar-refractivity contribution >= 4 is 27.5 Å². The first-order chi connectivity index (χ1) is 9.51. The summed E-state index contributed by atoms with van der Waals surface area (Å²) in [4.78, 5) is 0. The first kappa shape index (κ1) is 15.6. The number of benzene rings is 2. The fraction of sp³-hybridized carbons (Fsp3) is 0.294. The van der Waals surface area contributed by atoms with Crippen LogP contribution in [0.1, 0.15) is 28.3 Å². The summed E-state index contributed by atoms with van der Waals surface area (Å²) in [7, 11) is 1.99. The number of aryl methyl sites for hydroxylation is 2. The molecule has 0 amide bonds. The average molecular weight is 353 g/mol. The van der Waals surface area contributed by atoms with Gasteiger partial charge in [0.25, 0.3) is 0 Å². The van der Waals surface area contributed by atoms with Crippen molar-refractivity contribution < 1.29 is 0 Å². The van der Waals surface area contributed by atoms with E-state index >= 15 is 0 Å². The van der Waals surface area contributed by atoms with E-state index in [9.17, 15) is 0 Å². The zero-order chi connectivity index (χ0) is 14.7. The van der Waals surface area contributed by atoms with Gasteiger partial charge in [-0.05, 0) is 62.2 Å². The smallest absolute Gasteiger partial charge is 0.0410 e. The Balaban J connectivity index is 2.33. The van der Waals surface area contributed by atoms with Crippen LogP contribution in [0.3, 0.4) is 0 Å². The minimum Gasteiger partial charge on any atom is -0.313 e. The van der Waals surface area contributed by atoms with Crippen LogP contribution in [0.2, 0.25) is 5.02 Å². The van der Waals surface area contributed by atoms with Crippen LogP contribution < -0.4 is 5.32 Å². The molecule has 1 unspecified atom stereocenters. The minimum absolute atomic E-state index is 0.239. The van der Waals surface area contributed by atoms with Crippen molar-refractivity contribution in [3.63, 3.8) is 0 Å². The van der Waals surface area contributed by atoms with E-state index in [0.29, 0.717) is 0 Å². The molecule has 0 heterocycles. The van der Waals surface area contributed by atoms with Gasteiger partial charge in [0, 0.05) is 15.5 Å². The predicted molar refractivity (Wildman–Crippen MR) is 90.6 cm³/mol. The van der Waals surface area contributed by atoms with E-state index in [-0.39, 0.29) is 6.04 Å². The monoisotopic (exact) mass is 351 g/mol. The first-order valence-electron chi connectivity index (χ1n) is 6.69. The zero-order valence-electron chi connectivity index (χ0n) is 12.0. The minimum atomic E-state index is 0.239. The molecule has 2 aromatic rings. The molecular formula is C17H19BrClN. The van der Waals surface area contributed by atoms with Crippen molar-refractivity contribution in [2.75, 3.05) is 7.05 Å². The van der Waals surface area contributed by atoms with Gasteiger partial charge in [-0.3, -0.25) is 0 Å². The molecule has 0 aliphatic carbocycles. The third kappa shape index (κ3) is 3.63. The summed E-state index contributed by atoms with van der Waals surface area (Å²) >= 11 is 9.75.